The van der Waals surface area contributed by atoms with Crippen LogP contribution in [0.25, 0.3) is 0 Å². The Morgan fingerprint density at radius 2 is 1.94 bits per heavy atom. The van der Waals surface area contributed by atoms with Crippen LogP contribution in [0.1, 0.15) is 21.5 Å². The third-order valence-corrected chi connectivity index (χ3v) is 3.29. The molecule has 0 N–H and O–H groups in total. The normalized spacial score (nSPS) is 10.4. The Morgan fingerprint density at radius 1 is 1.22 bits per heavy atom. The lowest BCUT2D eigenvalue weighted by molar-refractivity contribution is 0.103. The summed E-state index contributed by atoms with van der Waals surface area (Å²) in [5, 5.41) is 0.344. The molecular weight excluding hydrogens is 319 g/mol. The van der Waals surface area contributed by atoms with Gasteiger partial charge < -0.3 is 0 Å². The Hall–Kier alpha value is -1.19. The van der Waals surface area contributed by atoms with E-state index in [0.717, 1.165) is 4.47 Å². The van der Waals surface area contributed by atoms with Crippen LogP contribution in [-0.2, 0) is 0 Å². The number of benzene rings is 2. The molecule has 2 aromatic carbocycles. The quantitative estimate of drug-likeness (QED) is 0.725. The molecule has 0 bridgehead atoms. The van der Waals surface area contributed by atoms with Crippen LogP contribution >= 0.6 is 27.5 Å². The summed E-state index contributed by atoms with van der Waals surface area (Å²) in [7, 11) is 0. The number of hydrogen-bond donors (Lipinski definition) is 0. The zero-order chi connectivity index (χ0) is 13.3. The monoisotopic (exact) mass is 326 g/mol. The molecule has 92 valence electrons. The van der Waals surface area contributed by atoms with Gasteiger partial charge in [0, 0.05) is 15.6 Å². The Balaban J connectivity index is 2.47. The molecule has 0 atom stereocenters. The van der Waals surface area contributed by atoms with Gasteiger partial charge in [-0.15, -0.1) is 0 Å². The van der Waals surface area contributed by atoms with Crippen LogP contribution in [0.2, 0.25) is 5.02 Å². The summed E-state index contributed by atoms with van der Waals surface area (Å²) in [6.45, 7) is 1.74. The largest absolute Gasteiger partial charge is 0.289 e. The van der Waals surface area contributed by atoms with E-state index < -0.39 is 5.82 Å². The van der Waals surface area contributed by atoms with Crippen LogP contribution in [-0.4, -0.2) is 5.78 Å². The highest BCUT2D eigenvalue weighted by atomic mass is 79.9. The van der Waals surface area contributed by atoms with Gasteiger partial charge in [0.1, 0.15) is 5.82 Å². The third kappa shape index (κ3) is 2.79. The predicted molar refractivity (Wildman–Crippen MR) is 73.7 cm³/mol. The molecule has 0 saturated carbocycles. The SMILES string of the molecule is Cc1cc(F)cc(C(=O)c2ccc(Br)cc2Cl)c1. The van der Waals surface area contributed by atoms with E-state index in [4.69, 9.17) is 11.6 Å². The lowest BCUT2D eigenvalue weighted by Gasteiger charge is -2.05. The van der Waals surface area contributed by atoms with Crippen molar-refractivity contribution in [1.29, 1.82) is 0 Å². The van der Waals surface area contributed by atoms with Crippen LogP contribution in [0.4, 0.5) is 4.39 Å². The van der Waals surface area contributed by atoms with Crippen molar-refractivity contribution < 1.29 is 9.18 Å². The van der Waals surface area contributed by atoms with Gasteiger partial charge in [-0.1, -0.05) is 27.5 Å². The average Bonchev–Trinajstić information content (AvgIpc) is 2.26. The van der Waals surface area contributed by atoms with Crippen molar-refractivity contribution >= 4 is 33.3 Å². The fourth-order valence-electron chi connectivity index (χ4n) is 1.70. The molecule has 2 rings (SSSR count). The maximum Gasteiger partial charge on any atom is 0.194 e. The highest BCUT2D eigenvalue weighted by Crippen LogP contribution is 2.24. The van der Waals surface area contributed by atoms with E-state index in [-0.39, 0.29) is 5.78 Å². The number of carbonyl (C=O) groups is 1. The molecule has 4 heteroatoms. The molecule has 2 aromatic rings. The summed E-state index contributed by atoms with van der Waals surface area (Å²) in [5.74, 6) is -0.707. The first-order valence-electron chi connectivity index (χ1n) is 5.24. The van der Waals surface area contributed by atoms with E-state index >= 15 is 0 Å². The van der Waals surface area contributed by atoms with E-state index in [0.29, 0.717) is 21.7 Å². The lowest BCUT2D eigenvalue weighted by Crippen LogP contribution is -2.03. The maximum atomic E-state index is 13.3. The molecule has 0 heterocycles. The van der Waals surface area contributed by atoms with Gasteiger partial charge in [-0.05, 0) is 48.9 Å². The number of rotatable bonds is 2. The van der Waals surface area contributed by atoms with Gasteiger partial charge >= 0.3 is 0 Å². The summed E-state index contributed by atoms with van der Waals surface area (Å²) in [6, 6.07) is 9.22. The fraction of sp³-hybridized carbons (Fsp3) is 0.0714. The van der Waals surface area contributed by atoms with Crippen LogP contribution < -0.4 is 0 Å². The minimum atomic E-state index is -0.424. The van der Waals surface area contributed by atoms with E-state index in [9.17, 15) is 9.18 Å². The second-order valence-corrected chi connectivity index (χ2v) is 5.29. The van der Waals surface area contributed by atoms with Crippen molar-refractivity contribution in [2.75, 3.05) is 0 Å². The molecule has 0 unspecified atom stereocenters. The summed E-state index contributed by atoms with van der Waals surface area (Å²) >= 11 is 9.28. The topological polar surface area (TPSA) is 17.1 Å². The molecule has 18 heavy (non-hydrogen) atoms. The molecule has 0 spiro atoms. The van der Waals surface area contributed by atoms with E-state index in [1.54, 1.807) is 31.2 Å². The van der Waals surface area contributed by atoms with Crippen molar-refractivity contribution in [1.82, 2.24) is 0 Å². The van der Waals surface area contributed by atoms with Crippen LogP contribution in [0, 0.1) is 12.7 Å². The Labute approximate surface area is 118 Å². The first kappa shape index (κ1) is 13.2. The average molecular weight is 328 g/mol. The number of hydrogen-bond acceptors (Lipinski definition) is 1. The molecule has 0 radical (unpaired) electrons. The fourth-order valence-corrected chi connectivity index (χ4v) is 2.46. The Kier molecular flexibility index (Phi) is 3.83. The lowest BCUT2D eigenvalue weighted by atomic mass is 10.0. The van der Waals surface area contributed by atoms with Crippen LogP contribution in [0.15, 0.2) is 40.9 Å². The van der Waals surface area contributed by atoms with Gasteiger partial charge in [0.2, 0.25) is 0 Å². The highest BCUT2D eigenvalue weighted by molar-refractivity contribution is 9.10. The third-order valence-electron chi connectivity index (χ3n) is 2.48. The second-order valence-electron chi connectivity index (χ2n) is 3.97. The van der Waals surface area contributed by atoms with Crippen LogP contribution in [0.5, 0.6) is 0 Å². The van der Waals surface area contributed by atoms with Crippen molar-refractivity contribution in [3.05, 3.63) is 68.4 Å². The van der Waals surface area contributed by atoms with Gasteiger partial charge in [0.15, 0.2) is 5.78 Å². The maximum absolute atomic E-state index is 13.3. The van der Waals surface area contributed by atoms with Crippen LogP contribution in [0.3, 0.4) is 0 Å². The van der Waals surface area contributed by atoms with Gasteiger partial charge in [-0.25, -0.2) is 4.39 Å². The molecule has 0 aliphatic rings. The standard InChI is InChI=1S/C14H9BrClFO/c1-8-4-9(6-11(17)5-8)14(18)12-3-2-10(15)7-13(12)16/h2-7H,1H3. The van der Waals surface area contributed by atoms with Crippen molar-refractivity contribution in [2.45, 2.75) is 6.92 Å². The van der Waals surface area contributed by atoms with Crippen molar-refractivity contribution in [3.63, 3.8) is 0 Å². The van der Waals surface area contributed by atoms with E-state index in [1.807, 2.05) is 0 Å². The van der Waals surface area contributed by atoms with Gasteiger partial charge in [-0.3, -0.25) is 4.79 Å². The smallest absolute Gasteiger partial charge is 0.194 e. The minimum absolute atomic E-state index is 0.282. The van der Waals surface area contributed by atoms with Crippen molar-refractivity contribution in [3.8, 4) is 0 Å². The zero-order valence-electron chi connectivity index (χ0n) is 9.51. The molecular formula is C14H9BrClFO. The van der Waals surface area contributed by atoms with Gasteiger partial charge in [0.05, 0.1) is 5.02 Å². The van der Waals surface area contributed by atoms with Crippen molar-refractivity contribution in [2.24, 2.45) is 0 Å². The number of halogens is 3. The summed E-state index contributed by atoms with van der Waals surface area (Å²) in [6.07, 6.45) is 0. The molecule has 0 saturated heterocycles. The molecule has 0 amide bonds. The molecule has 0 fully saturated rings. The first-order chi connectivity index (χ1) is 8.47. The Bertz CT molecular complexity index is 605. The number of ketones is 1. The second kappa shape index (κ2) is 5.21. The van der Waals surface area contributed by atoms with E-state index in [2.05, 4.69) is 15.9 Å². The zero-order valence-corrected chi connectivity index (χ0v) is 11.8. The van der Waals surface area contributed by atoms with Gasteiger partial charge in [0.25, 0.3) is 0 Å². The number of carbonyl (C=O) groups excluding carboxylic acids is 1. The first-order valence-corrected chi connectivity index (χ1v) is 6.41. The predicted octanol–water partition coefficient (Wildman–Crippen LogP) is 4.78. The molecule has 0 aromatic heterocycles. The minimum Gasteiger partial charge on any atom is -0.289 e. The number of aryl methyl sites for hydroxylation is 1. The summed E-state index contributed by atoms with van der Waals surface area (Å²) in [5.41, 5.74) is 1.37. The van der Waals surface area contributed by atoms with Gasteiger partial charge in [-0.2, -0.15) is 0 Å². The Morgan fingerprint density at radius 3 is 2.56 bits per heavy atom. The summed E-state index contributed by atoms with van der Waals surface area (Å²) in [4.78, 5) is 12.2. The molecule has 0 aliphatic carbocycles. The van der Waals surface area contributed by atoms with E-state index in [1.165, 1.54) is 12.1 Å². The molecule has 1 nitrogen and oxygen atoms in total. The highest BCUT2D eigenvalue weighted by Gasteiger charge is 2.14. The summed E-state index contributed by atoms with van der Waals surface area (Å²) < 4.78 is 14.1. The molecule has 0 aliphatic heterocycles.